The van der Waals surface area contributed by atoms with Gasteiger partial charge >= 0.3 is 12.1 Å². The maximum absolute atomic E-state index is 12.8. The number of aromatic nitrogens is 1. The van der Waals surface area contributed by atoms with Crippen LogP contribution in [0.15, 0.2) is 10.7 Å². The Morgan fingerprint density at radius 3 is 2.47 bits per heavy atom. The van der Waals surface area contributed by atoms with E-state index < -0.39 is 41.8 Å². The molecule has 1 heterocycles. The van der Waals surface area contributed by atoms with Crippen molar-refractivity contribution in [3.8, 4) is 0 Å². The van der Waals surface area contributed by atoms with Crippen LogP contribution in [0, 0.1) is 0 Å². The molecule has 0 saturated heterocycles. The molecule has 1 aromatic heterocycles. The number of esters is 1. The van der Waals surface area contributed by atoms with Crippen LogP contribution >= 0.6 is 15.9 Å². The van der Waals surface area contributed by atoms with Crippen molar-refractivity contribution in [3.05, 3.63) is 27.5 Å². The van der Waals surface area contributed by atoms with E-state index in [1.54, 1.807) is 0 Å². The summed E-state index contributed by atoms with van der Waals surface area (Å²) < 4.78 is 67.5. The first-order chi connectivity index (χ1) is 8.66. The second-order valence-corrected chi connectivity index (χ2v) is 4.23. The number of halogens is 6. The zero-order chi connectivity index (χ0) is 14.8. The predicted octanol–water partition coefficient (Wildman–Crippen LogP) is 3.52. The fourth-order valence-electron chi connectivity index (χ4n) is 1.41. The Kier molecular flexibility index (Phi) is 4.83. The highest BCUT2D eigenvalue weighted by Gasteiger charge is 2.39. The van der Waals surface area contributed by atoms with Crippen molar-refractivity contribution in [1.29, 1.82) is 0 Å². The molecule has 9 heteroatoms. The largest absolute Gasteiger partial charge is 0.469 e. The summed E-state index contributed by atoms with van der Waals surface area (Å²) in [5, 5.41) is 0. The van der Waals surface area contributed by atoms with Gasteiger partial charge in [-0.15, -0.1) is 0 Å². The van der Waals surface area contributed by atoms with Crippen LogP contribution in [0.4, 0.5) is 22.0 Å². The zero-order valence-electron chi connectivity index (χ0n) is 9.39. The number of pyridine rings is 1. The molecule has 0 unspecified atom stereocenters. The third-order valence-corrected chi connectivity index (χ3v) is 2.57. The summed E-state index contributed by atoms with van der Waals surface area (Å²) >= 11 is 2.69. The molecule has 3 nitrogen and oxygen atoms in total. The first-order valence-electron chi connectivity index (χ1n) is 4.78. The van der Waals surface area contributed by atoms with Crippen LogP contribution in [0.2, 0.25) is 0 Å². The standard InChI is InChI=1S/C10H7BrF5NO2/c1-19-6(18)3-4-2-5(11)17-8(10(14,15)16)7(4)9(12)13/h2,9H,3H2,1H3. The van der Waals surface area contributed by atoms with Crippen molar-refractivity contribution in [3.63, 3.8) is 0 Å². The summed E-state index contributed by atoms with van der Waals surface area (Å²) in [6.07, 6.45) is -9.14. The minimum Gasteiger partial charge on any atom is -0.469 e. The van der Waals surface area contributed by atoms with E-state index in [0.717, 1.165) is 13.2 Å². The van der Waals surface area contributed by atoms with Gasteiger partial charge in [0.1, 0.15) is 4.60 Å². The molecule has 0 N–H and O–H groups in total. The van der Waals surface area contributed by atoms with Crippen molar-refractivity contribution in [1.82, 2.24) is 4.98 Å². The fraction of sp³-hybridized carbons (Fsp3) is 0.400. The van der Waals surface area contributed by atoms with Gasteiger partial charge in [0.05, 0.1) is 19.1 Å². The van der Waals surface area contributed by atoms with E-state index in [4.69, 9.17) is 0 Å². The number of carbonyl (C=O) groups excluding carboxylic acids is 1. The minimum absolute atomic E-state index is 0.289. The summed E-state index contributed by atoms with van der Waals surface area (Å²) in [6, 6.07) is 0.938. The molecule has 106 valence electrons. The van der Waals surface area contributed by atoms with Crippen molar-refractivity contribution >= 4 is 21.9 Å². The molecule has 1 aromatic rings. The Labute approximate surface area is 112 Å². The number of hydrogen-bond acceptors (Lipinski definition) is 3. The Bertz CT molecular complexity index is 490. The lowest BCUT2D eigenvalue weighted by atomic mass is 10.0. The van der Waals surface area contributed by atoms with Crippen LogP contribution < -0.4 is 0 Å². The topological polar surface area (TPSA) is 39.2 Å². The van der Waals surface area contributed by atoms with Crippen molar-refractivity contribution < 1.29 is 31.5 Å². The van der Waals surface area contributed by atoms with Crippen LogP contribution in [-0.2, 0) is 22.1 Å². The van der Waals surface area contributed by atoms with Crippen molar-refractivity contribution in [2.75, 3.05) is 7.11 Å². The van der Waals surface area contributed by atoms with E-state index in [1.165, 1.54) is 0 Å². The highest BCUT2D eigenvalue weighted by atomic mass is 79.9. The fourth-order valence-corrected chi connectivity index (χ4v) is 1.86. The van der Waals surface area contributed by atoms with Gasteiger partial charge in [-0.2, -0.15) is 13.2 Å². The second kappa shape index (κ2) is 5.81. The van der Waals surface area contributed by atoms with E-state index in [0.29, 0.717) is 0 Å². The third kappa shape index (κ3) is 3.85. The number of methoxy groups -OCH3 is 1. The van der Waals surface area contributed by atoms with Gasteiger partial charge in [-0.1, -0.05) is 0 Å². The quantitative estimate of drug-likeness (QED) is 0.477. The molecule has 0 bridgehead atoms. The molecule has 19 heavy (non-hydrogen) atoms. The average molecular weight is 348 g/mol. The Morgan fingerprint density at radius 1 is 1.47 bits per heavy atom. The molecule has 0 aliphatic rings. The van der Waals surface area contributed by atoms with Gasteiger partial charge in [-0.3, -0.25) is 4.79 Å². The van der Waals surface area contributed by atoms with E-state index in [-0.39, 0.29) is 4.60 Å². The van der Waals surface area contributed by atoms with Gasteiger partial charge < -0.3 is 4.74 Å². The number of ether oxygens (including phenoxy) is 1. The second-order valence-electron chi connectivity index (χ2n) is 3.42. The maximum atomic E-state index is 12.8. The molecule has 0 fully saturated rings. The minimum atomic E-state index is -5.04. The molecule has 0 aliphatic heterocycles. The highest BCUT2D eigenvalue weighted by molar-refractivity contribution is 9.10. The molecule has 1 rings (SSSR count). The van der Waals surface area contributed by atoms with Crippen molar-refractivity contribution in [2.24, 2.45) is 0 Å². The van der Waals surface area contributed by atoms with Crippen LogP contribution in [0.5, 0.6) is 0 Å². The lowest BCUT2D eigenvalue weighted by Crippen LogP contribution is -2.17. The van der Waals surface area contributed by atoms with Crippen LogP contribution in [0.3, 0.4) is 0 Å². The molecular formula is C10H7BrF5NO2. The summed E-state index contributed by atoms with van der Waals surface area (Å²) in [7, 11) is 1.01. The summed E-state index contributed by atoms with van der Waals surface area (Å²) in [5.74, 6) is -0.923. The van der Waals surface area contributed by atoms with Crippen LogP contribution in [0.25, 0.3) is 0 Å². The number of alkyl halides is 5. The Balaban J connectivity index is 3.45. The first-order valence-corrected chi connectivity index (χ1v) is 5.57. The number of nitrogens with zero attached hydrogens (tertiary/aromatic N) is 1. The normalized spacial score (nSPS) is 11.8. The lowest BCUT2D eigenvalue weighted by Gasteiger charge is -2.15. The molecule has 0 aromatic carbocycles. The summed E-state index contributed by atoms with van der Waals surface area (Å²) in [6.45, 7) is 0. The Hall–Kier alpha value is -1.25. The molecule has 0 radical (unpaired) electrons. The predicted molar refractivity (Wildman–Crippen MR) is 57.6 cm³/mol. The van der Waals surface area contributed by atoms with Crippen LogP contribution in [-0.4, -0.2) is 18.1 Å². The molecular weight excluding hydrogens is 341 g/mol. The molecule has 0 aliphatic carbocycles. The monoisotopic (exact) mass is 347 g/mol. The summed E-state index contributed by atoms with van der Waals surface area (Å²) in [5.41, 5.74) is -3.49. The first kappa shape index (κ1) is 15.8. The smallest absolute Gasteiger partial charge is 0.433 e. The number of carbonyl (C=O) groups is 1. The number of hydrogen-bond donors (Lipinski definition) is 0. The van der Waals surface area contributed by atoms with Crippen molar-refractivity contribution in [2.45, 2.75) is 19.0 Å². The zero-order valence-corrected chi connectivity index (χ0v) is 11.0. The van der Waals surface area contributed by atoms with Gasteiger partial charge in [-0.25, -0.2) is 13.8 Å². The molecule has 0 spiro atoms. The Morgan fingerprint density at radius 2 is 2.05 bits per heavy atom. The lowest BCUT2D eigenvalue weighted by molar-refractivity contribution is -0.144. The molecule has 0 saturated carbocycles. The van der Waals surface area contributed by atoms with Gasteiger partial charge in [0.25, 0.3) is 6.43 Å². The van der Waals surface area contributed by atoms with Gasteiger partial charge in [-0.05, 0) is 27.6 Å². The third-order valence-electron chi connectivity index (χ3n) is 2.16. The van der Waals surface area contributed by atoms with E-state index in [9.17, 15) is 26.7 Å². The SMILES string of the molecule is COC(=O)Cc1cc(Br)nc(C(F)(F)F)c1C(F)F. The van der Waals surface area contributed by atoms with E-state index in [1.807, 2.05) is 0 Å². The average Bonchev–Trinajstić information content (AvgIpc) is 2.26. The van der Waals surface area contributed by atoms with E-state index >= 15 is 0 Å². The van der Waals surface area contributed by atoms with Gasteiger partial charge in [0.15, 0.2) is 5.69 Å². The molecule has 0 amide bonds. The summed E-state index contributed by atoms with van der Waals surface area (Å²) in [4.78, 5) is 14.1. The highest BCUT2D eigenvalue weighted by Crippen LogP contribution is 2.38. The maximum Gasteiger partial charge on any atom is 0.433 e. The number of rotatable bonds is 3. The van der Waals surface area contributed by atoms with E-state index in [2.05, 4.69) is 25.7 Å². The molecule has 0 atom stereocenters. The van der Waals surface area contributed by atoms with Gasteiger partial charge in [0.2, 0.25) is 0 Å². The van der Waals surface area contributed by atoms with Crippen LogP contribution in [0.1, 0.15) is 23.2 Å². The van der Waals surface area contributed by atoms with Gasteiger partial charge in [0, 0.05) is 0 Å².